The molecule has 1 aromatic carbocycles. The molecule has 1 aliphatic heterocycles. The highest BCUT2D eigenvalue weighted by Crippen LogP contribution is 2.46. The minimum atomic E-state index is -0.974. The third-order valence-corrected chi connectivity index (χ3v) is 5.11. The molecule has 2 aliphatic rings. The van der Waals surface area contributed by atoms with Crippen LogP contribution in [0.15, 0.2) is 30.3 Å². The number of carboxylic acids is 1. The molecular weight excluding hydrogens is 292 g/mol. The van der Waals surface area contributed by atoms with Gasteiger partial charge >= 0.3 is 5.97 Å². The van der Waals surface area contributed by atoms with Crippen molar-refractivity contribution in [2.45, 2.75) is 25.7 Å². The van der Waals surface area contributed by atoms with Crippen LogP contribution < -0.4 is 10.6 Å². The molecule has 5 nitrogen and oxygen atoms in total. The third-order valence-electron chi connectivity index (χ3n) is 5.11. The second-order valence-electron chi connectivity index (χ2n) is 6.46. The quantitative estimate of drug-likeness (QED) is 0.730. The van der Waals surface area contributed by atoms with Crippen LogP contribution in [0.25, 0.3) is 6.08 Å². The Bertz CT molecular complexity index is 612. The molecule has 0 spiro atoms. The van der Waals surface area contributed by atoms with E-state index in [0.717, 1.165) is 49.7 Å². The highest BCUT2D eigenvalue weighted by molar-refractivity contribution is 5.96. The summed E-state index contributed by atoms with van der Waals surface area (Å²) >= 11 is 0. The van der Waals surface area contributed by atoms with Gasteiger partial charge in [0.05, 0.1) is 5.41 Å². The van der Waals surface area contributed by atoms with Gasteiger partial charge in [-0.2, -0.15) is 0 Å². The van der Waals surface area contributed by atoms with Gasteiger partial charge in [0.2, 0.25) is 5.91 Å². The number of rotatable bonds is 5. The molecule has 3 N–H and O–H groups in total. The zero-order valence-corrected chi connectivity index (χ0v) is 13.0. The summed E-state index contributed by atoms with van der Waals surface area (Å²) in [6.07, 6.45) is 7.06. The number of hydrogen-bond donors (Lipinski definition) is 3. The first kappa shape index (κ1) is 15.7. The van der Waals surface area contributed by atoms with Gasteiger partial charge in [-0.25, -0.2) is 4.79 Å². The van der Waals surface area contributed by atoms with Crippen molar-refractivity contribution in [3.05, 3.63) is 35.9 Å². The van der Waals surface area contributed by atoms with Gasteiger partial charge in [0.25, 0.3) is 0 Å². The number of amides is 1. The molecule has 1 heterocycles. The first-order valence-electron chi connectivity index (χ1n) is 8.13. The van der Waals surface area contributed by atoms with Gasteiger partial charge in [-0.3, -0.25) is 4.79 Å². The minimum Gasteiger partial charge on any atom is -0.478 e. The number of anilines is 1. The van der Waals surface area contributed by atoms with Crippen LogP contribution >= 0.6 is 0 Å². The van der Waals surface area contributed by atoms with E-state index in [1.165, 1.54) is 12.5 Å². The molecule has 1 amide bonds. The molecule has 1 aliphatic carbocycles. The Labute approximate surface area is 135 Å². The minimum absolute atomic E-state index is 0.112. The topological polar surface area (TPSA) is 78.4 Å². The maximum Gasteiger partial charge on any atom is 0.328 e. The van der Waals surface area contributed by atoms with E-state index in [1.54, 1.807) is 12.1 Å². The molecule has 1 aromatic rings. The Morgan fingerprint density at radius 1 is 1.26 bits per heavy atom. The van der Waals surface area contributed by atoms with Crippen molar-refractivity contribution >= 4 is 23.6 Å². The van der Waals surface area contributed by atoms with Crippen molar-refractivity contribution in [1.82, 2.24) is 5.32 Å². The maximum absolute atomic E-state index is 12.8. The van der Waals surface area contributed by atoms with Crippen molar-refractivity contribution in [1.29, 1.82) is 0 Å². The molecule has 1 atom stereocenters. The molecule has 1 saturated heterocycles. The lowest BCUT2D eigenvalue weighted by Crippen LogP contribution is -2.46. The summed E-state index contributed by atoms with van der Waals surface area (Å²) in [5.41, 5.74) is 1.29. The molecule has 2 fully saturated rings. The standard InChI is InChI=1S/C18H22N2O3/c21-16(22)9-6-13-4-7-15(8-5-13)20-17(23)18(10-11-19-12-18)14-2-1-3-14/h4-9,14,19H,1-3,10-12H2,(H,20,23)(H,21,22)/b9-6+/t18-/m1/s1. The zero-order valence-electron chi connectivity index (χ0n) is 13.0. The summed E-state index contributed by atoms with van der Waals surface area (Å²) in [4.78, 5) is 23.3. The fraction of sp³-hybridized carbons (Fsp3) is 0.444. The first-order chi connectivity index (χ1) is 11.1. The molecule has 0 aromatic heterocycles. The van der Waals surface area contributed by atoms with Gasteiger partial charge in [0, 0.05) is 18.3 Å². The lowest BCUT2D eigenvalue weighted by Gasteiger charge is -2.41. The van der Waals surface area contributed by atoms with E-state index in [4.69, 9.17) is 5.11 Å². The van der Waals surface area contributed by atoms with Gasteiger partial charge in [-0.1, -0.05) is 18.6 Å². The summed E-state index contributed by atoms with van der Waals surface area (Å²) in [6, 6.07) is 7.24. The van der Waals surface area contributed by atoms with E-state index in [9.17, 15) is 9.59 Å². The lowest BCUT2D eigenvalue weighted by molar-refractivity contribution is -0.131. The number of aliphatic carboxylic acids is 1. The number of benzene rings is 1. The first-order valence-corrected chi connectivity index (χ1v) is 8.13. The second-order valence-corrected chi connectivity index (χ2v) is 6.46. The normalized spacial score (nSPS) is 24.5. The molecule has 0 unspecified atom stereocenters. The average Bonchev–Trinajstić information content (AvgIpc) is 2.95. The Hall–Kier alpha value is -2.14. The maximum atomic E-state index is 12.8. The zero-order chi connectivity index (χ0) is 16.3. The van der Waals surface area contributed by atoms with Crippen molar-refractivity contribution in [2.75, 3.05) is 18.4 Å². The Morgan fingerprint density at radius 2 is 2.00 bits per heavy atom. The fourth-order valence-corrected chi connectivity index (χ4v) is 3.50. The highest BCUT2D eigenvalue weighted by atomic mass is 16.4. The van der Waals surface area contributed by atoms with E-state index in [-0.39, 0.29) is 11.3 Å². The summed E-state index contributed by atoms with van der Waals surface area (Å²) in [6.45, 7) is 1.67. The van der Waals surface area contributed by atoms with Crippen LogP contribution in [0.4, 0.5) is 5.69 Å². The van der Waals surface area contributed by atoms with Gasteiger partial charge in [0.15, 0.2) is 0 Å². The number of carbonyl (C=O) groups is 2. The predicted octanol–water partition coefficient (Wildman–Crippen LogP) is 2.50. The predicted molar refractivity (Wildman–Crippen MR) is 89.0 cm³/mol. The van der Waals surface area contributed by atoms with Gasteiger partial charge < -0.3 is 15.7 Å². The smallest absolute Gasteiger partial charge is 0.328 e. The van der Waals surface area contributed by atoms with Crippen molar-refractivity contribution < 1.29 is 14.7 Å². The number of carboxylic acid groups (broad SMARTS) is 1. The van der Waals surface area contributed by atoms with Crippen molar-refractivity contribution in [3.63, 3.8) is 0 Å². The third kappa shape index (κ3) is 3.29. The van der Waals surface area contributed by atoms with Crippen LogP contribution in [0.3, 0.4) is 0 Å². The number of nitrogens with one attached hydrogen (secondary N) is 2. The Kier molecular flexibility index (Phi) is 4.48. The van der Waals surface area contributed by atoms with Crippen LogP contribution in [0, 0.1) is 11.3 Å². The highest BCUT2D eigenvalue weighted by Gasteiger charge is 2.49. The summed E-state index contributed by atoms with van der Waals surface area (Å²) in [7, 11) is 0. The van der Waals surface area contributed by atoms with Gasteiger partial charge in [0.1, 0.15) is 0 Å². The molecule has 0 radical (unpaired) electrons. The molecule has 3 rings (SSSR count). The van der Waals surface area contributed by atoms with E-state index >= 15 is 0 Å². The van der Waals surface area contributed by atoms with Crippen LogP contribution in [0.1, 0.15) is 31.2 Å². The average molecular weight is 314 g/mol. The van der Waals surface area contributed by atoms with Crippen molar-refractivity contribution in [3.8, 4) is 0 Å². The van der Waals surface area contributed by atoms with E-state index in [2.05, 4.69) is 10.6 Å². The van der Waals surface area contributed by atoms with Crippen LogP contribution in [-0.2, 0) is 9.59 Å². The largest absolute Gasteiger partial charge is 0.478 e. The molecule has 1 saturated carbocycles. The molecular formula is C18H22N2O3. The Balaban J connectivity index is 1.68. The molecule has 23 heavy (non-hydrogen) atoms. The fourth-order valence-electron chi connectivity index (χ4n) is 3.50. The second kappa shape index (κ2) is 6.54. The Morgan fingerprint density at radius 3 is 2.52 bits per heavy atom. The molecule has 122 valence electrons. The molecule has 5 heteroatoms. The SMILES string of the molecule is O=C(O)/C=C/c1ccc(NC(=O)[C@]2(C3CCC3)CCNC2)cc1. The number of carbonyl (C=O) groups excluding carboxylic acids is 1. The number of hydrogen-bond acceptors (Lipinski definition) is 3. The van der Waals surface area contributed by atoms with Crippen LogP contribution in [-0.4, -0.2) is 30.1 Å². The van der Waals surface area contributed by atoms with Crippen LogP contribution in [0.2, 0.25) is 0 Å². The lowest BCUT2D eigenvalue weighted by atomic mass is 9.64. The van der Waals surface area contributed by atoms with Crippen molar-refractivity contribution in [2.24, 2.45) is 11.3 Å². The summed E-state index contributed by atoms with van der Waals surface area (Å²) in [5.74, 6) is -0.366. The van der Waals surface area contributed by atoms with E-state index in [0.29, 0.717) is 5.92 Å². The summed E-state index contributed by atoms with van der Waals surface area (Å²) in [5, 5.41) is 15.0. The van der Waals surface area contributed by atoms with E-state index < -0.39 is 5.97 Å². The van der Waals surface area contributed by atoms with E-state index in [1.807, 2.05) is 12.1 Å². The van der Waals surface area contributed by atoms with Crippen LogP contribution in [0.5, 0.6) is 0 Å². The summed E-state index contributed by atoms with van der Waals surface area (Å²) < 4.78 is 0. The monoisotopic (exact) mass is 314 g/mol. The molecule has 0 bridgehead atoms. The van der Waals surface area contributed by atoms with Gasteiger partial charge in [-0.05, 0) is 55.5 Å². The van der Waals surface area contributed by atoms with Gasteiger partial charge in [-0.15, -0.1) is 0 Å².